The van der Waals surface area contributed by atoms with E-state index in [2.05, 4.69) is 25.5 Å². The molecule has 1 N–H and O–H groups in total. The Morgan fingerprint density at radius 1 is 1.28 bits per heavy atom. The van der Waals surface area contributed by atoms with E-state index in [0.717, 1.165) is 11.4 Å². The summed E-state index contributed by atoms with van der Waals surface area (Å²) >= 11 is 6.27. The van der Waals surface area contributed by atoms with Crippen LogP contribution in [0.25, 0.3) is 17.4 Å². The fourth-order valence-corrected chi connectivity index (χ4v) is 2.56. The van der Waals surface area contributed by atoms with E-state index in [1.54, 1.807) is 10.7 Å². The maximum absolute atomic E-state index is 6.27. The number of nitrogens with one attached hydrogen (secondary N) is 1. The zero-order valence-corrected chi connectivity index (χ0v) is 16.0. The molecule has 0 fully saturated rings. The van der Waals surface area contributed by atoms with E-state index in [9.17, 15) is 0 Å². The standard InChI is InChI=1S/C16H19ClN6O.ClH/c1-9(18-4)8-13-19-16(24-22-13)15-12(17)5-6-14(20-15)23-11(3)7-10(2)21-23;/h5-7,9,18H,8H2,1-4H3;1H. The molecule has 0 aliphatic rings. The van der Waals surface area contributed by atoms with E-state index in [0.29, 0.717) is 34.7 Å². The summed E-state index contributed by atoms with van der Waals surface area (Å²) in [6.45, 7) is 5.96. The number of aryl methyl sites for hydroxylation is 2. The largest absolute Gasteiger partial charge is 0.332 e. The molecule has 7 nitrogen and oxygen atoms in total. The highest BCUT2D eigenvalue weighted by Gasteiger charge is 2.17. The summed E-state index contributed by atoms with van der Waals surface area (Å²) in [5.41, 5.74) is 2.37. The molecule has 1 unspecified atom stereocenters. The van der Waals surface area contributed by atoms with Crippen molar-refractivity contribution in [2.24, 2.45) is 0 Å². The normalized spacial score (nSPS) is 12.0. The Bertz CT molecular complexity index is 860. The van der Waals surface area contributed by atoms with Gasteiger partial charge in [0, 0.05) is 18.2 Å². The highest BCUT2D eigenvalue weighted by Crippen LogP contribution is 2.26. The number of nitrogens with zero attached hydrogens (tertiary/aromatic N) is 5. The second kappa shape index (κ2) is 7.95. The SMILES string of the molecule is CNC(C)Cc1noc(-c2nc(-n3nc(C)cc3C)ccc2Cl)n1.Cl. The number of likely N-dealkylation sites (N-methyl/N-ethyl adjacent to an activating group) is 1. The number of halogens is 2. The van der Waals surface area contributed by atoms with Gasteiger partial charge in [0.25, 0.3) is 5.89 Å². The molecular weight excluding hydrogens is 363 g/mol. The number of rotatable bonds is 5. The van der Waals surface area contributed by atoms with Gasteiger partial charge in [-0.25, -0.2) is 9.67 Å². The summed E-state index contributed by atoms with van der Waals surface area (Å²) in [6.07, 6.45) is 0.661. The quantitative estimate of drug-likeness (QED) is 0.729. The lowest BCUT2D eigenvalue weighted by Gasteiger charge is -2.06. The first kappa shape index (κ1) is 19.4. The topological polar surface area (TPSA) is 81.7 Å². The molecule has 3 aromatic rings. The first-order valence-electron chi connectivity index (χ1n) is 7.68. The number of aromatic nitrogens is 5. The van der Waals surface area contributed by atoms with Crippen LogP contribution in [0.1, 0.15) is 24.1 Å². The fourth-order valence-electron chi connectivity index (χ4n) is 2.37. The highest BCUT2D eigenvalue weighted by molar-refractivity contribution is 6.32. The van der Waals surface area contributed by atoms with Crippen molar-refractivity contribution >= 4 is 24.0 Å². The van der Waals surface area contributed by atoms with Gasteiger partial charge in [0.15, 0.2) is 11.6 Å². The molecule has 3 rings (SSSR count). The third-order valence-corrected chi connectivity index (χ3v) is 4.02. The molecule has 25 heavy (non-hydrogen) atoms. The van der Waals surface area contributed by atoms with Gasteiger partial charge < -0.3 is 9.84 Å². The number of pyridine rings is 1. The predicted molar refractivity (Wildman–Crippen MR) is 98.6 cm³/mol. The number of hydrogen-bond donors (Lipinski definition) is 1. The number of hydrogen-bond acceptors (Lipinski definition) is 6. The molecule has 3 heterocycles. The first-order chi connectivity index (χ1) is 11.5. The molecule has 1 atom stereocenters. The Balaban J connectivity index is 0.00000225. The van der Waals surface area contributed by atoms with Gasteiger partial charge >= 0.3 is 0 Å². The first-order valence-corrected chi connectivity index (χ1v) is 8.06. The summed E-state index contributed by atoms with van der Waals surface area (Å²) in [5.74, 6) is 1.58. The van der Waals surface area contributed by atoms with Crippen LogP contribution in [0.15, 0.2) is 22.7 Å². The maximum Gasteiger partial charge on any atom is 0.278 e. The lowest BCUT2D eigenvalue weighted by atomic mass is 10.2. The molecule has 0 aromatic carbocycles. The van der Waals surface area contributed by atoms with Crippen LogP contribution in [-0.2, 0) is 6.42 Å². The zero-order chi connectivity index (χ0) is 17.3. The third kappa shape index (κ3) is 4.18. The van der Waals surface area contributed by atoms with Crippen LogP contribution in [-0.4, -0.2) is 38.0 Å². The molecule has 0 amide bonds. The van der Waals surface area contributed by atoms with Crippen molar-refractivity contribution in [3.63, 3.8) is 0 Å². The van der Waals surface area contributed by atoms with E-state index >= 15 is 0 Å². The molecule has 0 bridgehead atoms. The minimum atomic E-state index is 0. The van der Waals surface area contributed by atoms with Gasteiger partial charge in [-0.05, 0) is 46.0 Å². The molecule has 9 heteroatoms. The minimum absolute atomic E-state index is 0. The van der Waals surface area contributed by atoms with Crippen molar-refractivity contribution in [3.8, 4) is 17.4 Å². The summed E-state index contributed by atoms with van der Waals surface area (Å²) in [4.78, 5) is 8.95. The van der Waals surface area contributed by atoms with E-state index in [4.69, 9.17) is 16.1 Å². The molecule has 134 valence electrons. The average molecular weight is 383 g/mol. The monoisotopic (exact) mass is 382 g/mol. The zero-order valence-electron chi connectivity index (χ0n) is 14.4. The molecule has 3 aromatic heterocycles. The highest BCUT2D eigenvalue weighted by atomic mass is 35.5. The van der Waals surface area contributed by atoms with Gasteiger partial charge in [-0.1, -0.05) is 16.8 Å². The Kier molecular flexibility index (Phi) is 6.16. The van der Waals surface area contributed by atoms with Crippen molar-refractivity contribution in [1.82, 2.24) is 30.2 Å². The van der Waals surface area contributed by atoms with Gasteiger partial charge in [0.1, 0.15) is 5.69 Å². The average Bonchev–Trinajstić information content (AvgIpc) is 3.14. The smallest absolute Gasteiger partial charge is 0.278 e. The van der Waals surface area contributed by atoms with Crippen molar-refractivity contribution < 1.29 is 4.52 Å². The summed E-state index contributed by atoms with van der Waals surface area (Å²) in [7, 11) is 1.89. The predicted octanol–water partition coefficient (Wildman–Crippen LogP) is 3.16. The Hall–Kier alpha value is -1.96. The van der Waals surface area contributed by atoms with Gasteiger partial charge in [0.05, 0.1) is 10.7 Å². The second-order valence-electron chi connectivity index (χ2n) is 5.75. The summed E-state index contributed by atoms with van der Waals surface area (Å²) in [6, 6.07) is 5.81. The molecule has 0 spiro atoms. The van der Waals surface area contributed by atoms with E-state index < -0.39 is 0 Å². The lowest BCUT2D eigenvalue weighted by molar-refractivity contribution is 0.417. The van der Waals surface area contributed by atoms with Crippen molar-refractivity contribution in [2.75, 3.05) is 7.05 Å². The van der Waals surface area contributed by atoms with Crippen LogP contribution in [0.3, 0.4) is 0 Å². The van der Waals surface area contributed by atoms with Gasteiger partial charge in [0.2, 0.25) is 0 Å². The summed E-state index contributed by atoms with van der Waals surface area (Å²) < 4.78 is 7.10. The van der Waals surface area contributed by atoms with Crippen LogP contribution in [0, 0.1) is 13.8 Å². The Morgan fingerprint density at radius 3 is 2.68 bits per heavy atom. The van der Waals surface area contributed by atoms with Crippen molar-refractivity contribution in [2.45, 2.75) is 33.2 Å². The lowest BCUT2D eigenvalue weighted by Crippen LogP contribution is -2.24. The third-order valence-electron chi connectivity index (χ3n) is 3.71. The van der Waals surface area contributed by atoms with E-state index in [-0.39, 0.29) is 18.4 Å². The fraction of sp³-hybridized carbons (Fsp3) is 0.375. The maximum atomic E-state index is 6.27. The van der Waals surface area contributed by atoms with Crippen LogP contribution in [0.5, 0.6) is 0 Å². The van der Waals surface area contributed by atoms with Gasteiger partial charge in [-0.2, -0.15) is 10.1 Å². The molecule has 0 aliphatic carbocycles. The second-order valence-corrected chi connectivity index (χ2v) is 6.16. The molecule has 0 saturated carbocycles. The van der Waals surface area contributed by atoms with Crippen LogP contribution in [0.2, 0.25) is 5.02 Å². The van der Waals surface area contributed by atoms with E-state index in [1.807, 2.05) is 40.0 Å². The van der Waals surface area contributed by atoms with E-state index in [1.165, 1.54) is 0 Å². The van der Waals surface area contributed by atoms with Crippen LogP contribution in [0.4, 0.5) is 0 Å². The van der Waals surface area contributed by atoms with Crippen molar-refractivity contribution in [1.29, 1.82) is 0 Å². The van der Waals surface area contributed by atoms with Crippen LogP contribution < -0.4 is 5.32 Å². The molecule has 0 aliphatic heterocycles. The Labute approximate surface area is 157 Å². The van der Waals surface area contributed by atoms with Crippen molar-refractivity contribution in [3.05, 3.63) is 40.4 Å². The van der Waals surface area contributed by atoms with Crippen LogP contribution >= 0.6 is 24.0 Å². The Morgan fingerprint density at radius 2 is 2.04 bits per heavy atom. The minimum Gasteiger partial charge on any atom is -0.332 e. The molecule has 0 radical (unpaired) electrons. The molecule has 0 saturated heterocycles. The van der Waals surface area contributed by atoms with Gasteiger partial charge in [-0.3, -0.25) is 0 Å². The van der Waals surface area contributed by atoms with Gasteiger partial charge in [-0.15, -0.1) is 12.4 Å². The summed E-state index contributed by atoms with van der Waals surface area (Å²) in [5, 5.41) is 12.0. The molecular formula is C16H20Cl2N6O.